The molecule has 5 fully saturated rings. The molecular weight excluding hydrogens is 748 g/mol. The van der Waals surface area contributed by atoms with E-state index < -0.39 is 23.8 Å². The Morgan fingerprint density at radius 1 is 0.517 bits per heavy atom. The van der Waals surface area contributed by atoms with Crippen molar-refractivity contribution in [1.29, 1.82) is 0 Å². The Morgan fingerprint density at radius 2 is 0.810 bits per heavy atom. The smallest absolute Gasteiger partial charge is 0.310 e. The molecule has 14 heteroatoms. The number of rotatable bonds is 14. The first-order valence-corrected chi connectivity index (χ1v) is 20.7. The van der Waals surface area contributed by atoms with E-state index in [1.165, 1.54) is 13.8 Å². The summed E-state index contributed by atoms with van der Waals surface area (Å²) in [6, 6.07) is 8.85. The van der Waals surface area contributed by atoms with Crippen molar-refractivity contribution in [3.05, 3.63) is 35.4 Å². The topological polar surface area (TPSA) is 142 Å². The predicted octanol–water partition coefficient (Wildman–Crippen LogP) is 5.66. The molecule has 4 saturated heterocycles. The van der Waals surface area contributed by atoms with Gasteiger partial charge in [-0.3, -0.25) is 19.2 Å². The van der Waals surface area contributed by atoms with Crippen LogP contribution in [-0.4, -0.2) is 112 Å². The third-order valence-electron chi connectivity index (χ3n) is 14.2. The quantitative estimate of drug-likeness (QED) is 0.132. The minimum Gasteiger partial charge on any atom is -0.493 e. The maximum Gasteiger partial charge on any atom is 0.310 e. The maximum atomic E-state index is 13.6. The second-order valence-corrected chi connectivity index (χ2v) is 17.5. The van der Waals surface area contributed by atoms with Gasteiger partial charge in [0, 0.05) is 76.3 Å². The van der Waals surface area contributed by atoms with Crippen LogP contribution in [-0.2, 0) is 41.7 Å². The van der Waals surface area contributed by atoms with Gasteiger partial charge in [0.1, 0.15) is 25.3 Å². The zero-order valence-electron chi connectivity index (χ0n) is 35.2. The Labute approximate surface area is 341 Å². The molecular formula is C44H60N2O12+2. The molecule has 4 heterocycles. The van der Waals surface area contributed by atoms with Crippen molar-refractivity contribution in [2.24, 2.45) is 11.8 Å². The monoisotopic (exact) mass is 808 g/mol. The van der Waals surface area contributed by atoms with Gasteiger partial charge < -0.3 is 46.9 Å². The molecule has 0 spiro atoms. The molecule has 7 rings (SSSR count). The molecule has 0 N–H and O–H groups in total. The van der Waals surface area contributed by atoms with Gasteiger partial charge >= 0.3 is 23.9 Å². The summed E-state index contributed by atoms with van der Waals surface area (Å²) in [4.78, 5) is 50.7. The van der Waals surface area contributed by atoms with E-state index in [0.29, 0.717) is 60.0 Å². The molecule has 4 bridgehead atoms. The number of esters is 4. The molecule has 0 aromatic heterocycles. The van der Waals surface area contributed by atoms with Crippen molar-refractivity contribution < 1.29 is 66.0 Å². The van der Waals surface area contributed by atoms with Crippen LogP contribution in [0.3, 0.4) is 0 Å². The molecule has 2 aromatic carbocycles. The Morgan fingerprint density at radius 3 is 1.05 bits per heavy atom. The summed E-state index contributed by atoms with van der Waals surface area (Å²) in [5.74, 6) is -0.0833. The Hall–Kier alpha value is -4.56. The highest BCUT2D eigenvalue weighted by Crippen LogP contribution is 2.48. The SMILES string of the molecule is COc1cc(C[N+]2(C)[C@@H]3CC[C@H]2CC(OC(=O)C2CCC2C(=O)OC2C[C@H]4CC[C@@H](C2)[N+]4(C)Cc2cc(OC)c(OC(C)=O)c(OC)c2)C3)cc(OC)c1OC(C)=O. The number of carbonyl (C=O) groups is 4. The highest BCUT2D eigenvalue weighted by Gasteiger charge is 2.55. The fourth-order valence-electron chi connectivity index (χ4n) is 11.0. The van der Waals surface area contributed by atoms with Crippen LogP contribution in [0.2, 0.25) is 0 Å². The van der Waals surface area contributed by atoms with Gasteiger partial charge in [-0.05, 0) is 37.1 Å². The number of fused-ring (bicyclic) bond motifs is 4. The van der Waals surface area contributed by atoms with Crippen LogP contribution in [0.1, 0.15) is 89.2 Å². The van der Waals surface area contributed by atoms with Gasteiger partial charge in [-0.1, -0.05) is 0 Å². The normalized spacial score (nSPS) is 32.0. The van der Waals surface area contributed by atoms with Crippen molar-refractivity contribution >= 4 is 23.9 Å². The molecule has 2 aromatic rings. The second-order valence-electron chi connectivity index (χ2n) is 17.5. The molecule has 6 unspecified atom stereocenters. The Bertz CT molecular complexity index is 1700. The van der Waals surface area contributed by atoms with Gasteiger partial charge in [-0.2, -0.15) is 0 Å². The lowest BCUT2D eigenvalue weighted by molar-refractivity contribution is -0.961. The fraction of sp³-hybridized carbons (Fsp3) is 0.636. The molecule has 4 aliphatic heterocycles. The van der Waals surface area contributed by atoms with Crippen molar-refractivity contribution in [1.82, 2.24) is 0 Å². The Balaban J connectivity index is 0.931. The summed E-state index contributed by atoms with van der Waals surface area (Å²) < 4.78 is 47.2. The lowest BCUT2D eigenvalue weighted by Gasteiger charge is -2.47. The summed E-state index contributed by atoms with van der Waals surface area (Å²) >= 11 is 0. The third kappa shape index (κ3) is 7.93. The average molecular weight is 809 g/mol. The van der Waals surface area contributed by atoms with E-state index in [-0.39, 0.29) is 35.6 Å². The number of nitrogens with zero attached hydrogens (tertiary/aromatic N) is 2. The van der Waals surface area contributed by atoms with Gasteiger partial charge in [-0.25, -0.2) is 0 Å². The predicted molar refractivity (Wildman–Crippen MR) is 210 cm³/mol. The van der Waals surface area contributed by atoms with Gasteiger partial charge in [0.15, 0.2) is 23.0 Å². The van der Waals surface area contributed by atoms with Gasteiger partial charge in [0.2, 0.25) is 11.5 Å². The number of methoxy groups -OCH3 is 4. The Kier molecular flexibility index (Phi) is 11.9. The largest absolute Gasteiger partial charge is 0.493 e. The van der Waals surface area contributed by atoms with Crippen molar-refractivity contribution in [2.45, 2.75) is 128 Å². The van der Waals surface area contributed by atoms with E-state index in [0.717, 1.165) is 84.5 Å². The lowest BCUT2D eigenvalue weighted by Crippen LogP contribution is -2.59. The van der Waals surface area contributed by atoms with Crippen molar-refractivity contribution in [3.63, 3.8) is 0 Å². The maximum absolute atomic E-state index is 13.6. The molecule has 10 atom stereocenters. The molecule has 14 nitrogen and oxygen atoms in total. The summed E-state index contributed by atoms with van der Waals surface area (Å²) in [5, 5.41) is 0. The van der Waals surface area contributed by atoms with E-state index in [1.807, 2.05) is 24.3 Å². The standard InChI is InChI=1S/C44H60N2O12/c1-25(47)55-41-37(51-5)15-27(16-38(41)52-6)23-45(3)29-9-10-30(45)20-33(19-29)57-43(49)35-13-14-36(35)44(50)58-34-21-31-11-12-32(22-34)46(31,4)24-28-17-39(53-7)42(56-26(2)48)40(18-28)54-8/h15-18,29-36H,9-14,19-24H2,1-8H3/q+2/t29-,30+,31-,32+,33?,34?,35?,36?,45?,46?. The minimum atomic E-state index is -0.468. The van der Waals surface area contributed by atoms with E-state index >= 15 is 0 Å². The summed E-state index contributed by atoms with van der Waals surface area (Å²) in [6.07, 6.45) is 8.10. The van der Waals surface area contributed by atoms with Crippen LogP contribution in [0, 0.1) is 11.8 Å². The first kappa shape index (κ1) is 41.6. The van der Waals surface area contributed by atoms with Gasteiger partial charge in [0.05, 0.1) is 78.5 Å². The van der Waals surface area contributed by atoms with Gasteiger partial charge in [-0.15, -0.1) is 0 Å². The van der Waals surface area contributed by atoms with Crippen LogP contribution >= 0.6 is 0 Å². The summed E-state index contributed by atoms with van der Waals surface area (Å²) in [6.45, 7) is 4.15. The van der Waals surface area contributed by atoms with E-state index in [9.17, 15) is 19.2 Å². The highest BCUT2D eigenvalue weighted by molar-refractivity contribution is 5.84. The molecule has 1 saturated carbocycles. The van der Waals surface area contributed by atoms with Crippen LogP contribution in [0.25, 0.3) is 0 Å². The first-order valence-electron chi connectivity index (χ1n) is 20.7. The summed E-state index contributed by atoms with van der Waals surface area (Å²) in [7, 11) is 10.7. The molecule has 1 aliphatic carbocycles. The van der Waals surface area contributed by atoms with Crippen LogP contribution in [0.15, 0.2) is 24.3 Å². The number of carbonyl (C=O) groups excluding carboxylic acids is 4. The first-order chi connectivity index (χ1) is 27.7. The number of quaternary nitrogens is 2. The van der Waals surface area contributed by atoms with Crippen LogP contribution in [0.5, 0.6) is 34.5 Å². The van der Waals surface area contributed by atoms with E-state index in [1.54, 1.807) is 28.4 Å². The zero-order chi connectivity index (χ0) is 41.5. The number of hydrogen-bond acceptors (Lipinski definition) is 12. The fourth-order valence-corrected chi connectivity index (χ4v) is 11.0. The van der Waals surface area contributed by atoms with Crippen molar-refractivity contribution in [3.8, 4) is 34.5 Å². The molecule has 0 radical (unpaired) electrons. The van der Waals surface area contributed by atoms with E-state index in [4.69, 9.17) is 37.9 Å². The molecule has 316 valence electrons. The highest BCUT2D eigenvalue weighted by atomic mass is 16.6. The number of benzene rings is 2. The average Bonchev–Trinajstić information content (AvgIpc) is 3.38. The minimum absolute atomic E-state index is 0.189. The van der Waals surface area contributed by atoms with E-state index in [2.05, 4.69) is 14.1 Å². The van der Waals surface area contributed by atoms with Crippen molar-refractivity contribution in [2.75, 3.05) is 42.5 Å². The number of hydrogen-bond donors (Lipinski definition) is 0. The van der Waals surface area contributed by atoms with Crippen LogP contribution in [0.4, 0.5) is 0 Å². The summed E-state index contributed by atoms with van der Waals surface area (Å²) in [5.41, 5.74) is 2.02. The van der Waals surface area contributed by atoms with Crippen LogP contribution < -0.4 is 28.4 Å². The van der Waals surface area contributed by atoms with Gasteiger partial charge in [0.25, 0.3) is 0 Å². The third-order valence-corrected chi connectivity index (χ3v) is 14.2. The molecule has 0 amide bonds. The number of ether oxygens (including phenoxy) is 8. The lowest BCUT2D eigenvalue weighted by atomic mass is 9.73. The zero-order valence-corrected chi connectivity index (χ0v) is 35.2. The number of piperidine rings is 2. The molecule has 58 heavy (non-hydrogen) atoms. The second kappa shape index (κ2) is 16.6. The molecule has 5 aliphatic rings.